The molecule has 0 saturated heterocycles. The first-order valence-electron chi connectivity index (χ1n) is 3.97. The van der Waals surface area contributed by atoms with Crippen molar-refractivity contribution in [2.75, 3.05) is 0 Å². The molecule has 0 unspecified atom stereocenters. The molecule has 1 N–H and O–H groups in total. The predicted octanol–water partition coefficient (Wildman–Crippen LogP) is 0.560. The summed E-state index contributed by atoms with van der Waals surface area (Å²) >= 11 is 0. The van der Waals surface area contributed by atoms with Crippen LogP contribution in [0.15, 0.2) is 6.20 Å². The second-order valence-electron chi connectivity index (χ2n) is 2.69. The van der Waals surface area contributed by atoms with E-state index < -0.39 is 18.9 Å². The van der Waals surface area contributed by atoms with E-state index in [4.69, 9.17) is 5.11 Å². The summed E-state index contributed by atoms with van der Waals surface area (Å²) < 4.78 is 25.0. The highest BCUT2D eigenvalue weighted by Crippen LogP contribution is 2.04. The number of carbonyl (C=O) groups is 1. The first-order valence-corrected chi connectivity index (χ1v) is 3.97. The Kier molecular flexibility index (Phi) is 3.49. The average Bonchev–Trinajstić information content (AvgIpc) is 2.47. The lowest BCUT2D eigenvalue weighted by atomic mass is 10.2. The molecular weight excluding hydrogens is 196 g/mol. The van der Waals surface area contributed by atoms with Crippen molar-refractivity contribution >= 4 is 5.97 Å². The molecule has 0 aliphatic heterocycles. The monoisotopic (exact) mass is 205 g/mol. The topological polar surface area (TPSA) is 68.0 Å². The van der Waals surface area contributed by atoms with Gasteiger partial charge >= 0.3 is 5.97 Å². The largest absolute Gasteiger partial charge is 0.481 e. The number of halogens is 2. The number of aromatic nitrogens is 3. The maximum atomic E-state index is 12.0. The molecule has 0 amide bonds. The van der Waals surface area contributed by atoms with Gasteiger partial charge in [-0.15, -0.1) is 5.10 Å². The SMILES string of the molecule is O=C(O)CCc1cnnn1CC(F)F. The summed E-state index contributed by atoms with van der Waals surface area (Å²) in [5.74, 6) is -0.977. The number of nitrogens with zero attached hydrogens (tertiary/aromatic N) is 3. The molecule has 1 aromatic rings. The molecule has 0 bridgehead atoms. The number of hydrogen-bond acceptors (Lipinski definition) is 3. The zero-order valence-corrected chi connectivity index (χ0v) is 7.23. The lowest BCUT2D eigenvalue weighted by Gasteiger charge is -2.03. The minimum absolute atomic E-state index is 0.114. The molecular formula is C7H9F2N3O2. The van der Waals surface area contributed by atoms with Gasteiger partial charge in [-0.2, -0.15) is 0 Å². The molecule has 0 fully saturated rings. The summed E-state index contributed by atoms with van der Waals surface area (Å²) in [7, 11) is 0. The molecule has 0 aliphatic carbocycles. The minimum Gasteiger partial charge on any atom is -0.481 e. The molecule has 1 rings (SSSR count). The van der Waals surface area contributed by atoms with Crippen LogP contribution in [0.1, 0.15) is 12.1 Å². The van der Waals surface area contributed by atoms with Gasteiger partial charge in [0.05, 0.1) is 18.3 Å². The maximum absolute atomic E-state index is 12.0. The van der Waals surface area contributed by atoms with Crippen LogP contribution in [-0.2, 0) is 17.8 Å². The van der Waals surface area contributed by atoms with Crippen molar-refractivity contribution < 1.29 is 18.7 Å². The third-order valence-electron chi connectivity index (χ3n) is 1.60. The van der Waals surface area contributed by atoms with Gasteiger partial charge in [-0.25, -0.2) is 13.5 Å². The molecule has 0 radical (unpaired) electrons. The van der Waals surface area contributed by atoms with Crippen LogP contribution in [0.3, 0.4) is 0 Å². The van der Waals surface area contributed by atoms with Crippen molar-refractivity contribution in [3.05, 3.63) is 11.9 Å². The van der Waals surface area contributed by atoms with Crippen LogP contribution in [-0.4, -0.2) is 32.5 Å². The van der Waals surface area contributed by atoms with Crippen LogP contribution in [0.4, 0.5) is 8.78 Å². The fourth-order valence-electron chi connectivity index (χ4n) is 0.992. The van der Waals surface area contributed by atoms with E-state index in [9.17, 15) is 13.6 Å². The second-order valence-corrected chi connectivity index (χ2v) is 2.69. The average molecular weight is 205 g/mol. The van der Waals surface area contributed by atoms with Gasteiger partial charge in [-0.05, 0) is 0 Å². The van der Waals surface area contributed by atoms with E-state index in [2.05, 4.69) is 10.3 Å². The highest BCUT2D eigenvalue weighted by atomic mass is 19.3. The quantitative estimate of drug-likeness (QED) is 0.762. The summed E-state index contributed by atoms with van der Waals surface area (Å²) in [6.07, 6.45) is -1.17. The maximum Gasteiger partial charge on any atom is 0.303 e. The summed E-state index contributed by atoms with van der Waals surface area (Å²) in [6.45, 7) is -0.547. The lowest BCUT2D eigenvalue weighted by molar-refractivity contribution is -0.136. The van der Waals surface area contributed by atoms with Crippen molar-refractivity contribution in [2.24, 2.45) is 0 Å². The lowest BCUT2D eigenvalue weighted by Crippen LogP contribution is -2.12. The standard InChI is InChI=1S/C7H9F2N3O2/c8-6(9)4-12-5(3-10-11-12)1-2-7(13)14/h3,6H,1-2,4H2,(H,13,14). The van der Waals surface area contributed by atoms with Crippen molar-refractivity contribution in [3.8, 4) is 0 Å². The number of aliphatic carboxylic acids is 1. The molecule has 0 atom stereocenters. The molecule has 0 spiro atoms. The van der Waals surface area contributed by atoms with Crippen molar-refractivity contribution in [3.63, 3.8) is 0 Å². The van der Waals surface area contributed by atoms with Gasteiger partial charge in [0.1, 0.15) is 6.54 Å². The molecule has 0 aliphatic rings. The van der Waals surface area contributed by atoms with Crippen LogP contribution >= 0.6 is 0 Å². The Balaban J connectivity index is 2.58. The van der Waals surface area contributed by atoms with Crippen LogP contribution in [0.25, 0.3) is 0 Å². The minimum atomic E-state index is -2.51. The van der Waals surface area contributed by atoms with Crippen LogP contribution < -0.4 is 0 Å². The number of aryl methyl sites for hydroxylation is 1. The molecule has 7 heteroatoms. The number of hydrogen-bond donors (Lipinski definition) is 1. The summed E-state index contributed by atoms with van der Waals surface area (Å²) in [6, 6.07) is 0. The second kappa shape index (κ2) is 4.64. The Bertz CT molecular complexity index is 314. The zero-order valence-electron chi connectivity index (χ0n) is 7.23. The predicted molar refractivity (Wildman–Crippen MR) is 42.0 cm³/mol. The third-order valence-corrected chi connectivity index (χ3v) is 1.60. The normalized spacial score (nSPS) is 10.8. The molecule has 1 aromatic heterocycles. The van der Waals surface area contributed by atoms with Crippen molar-refractivity contribution in [2.45, 2.75) is 25.8 Å². The fourth-order valence-corrected chi connectivity index (χ4v) is 0.992. The van der Waals surface area contributed by atoms with Crippen LogP contribution in [0.2, 0.25) is 0 Å². The molecule has 14 heavy (non-hydrogen) atoms. The Labute approximate surface area is 78.3 Å². The van der Waals surface area contributed by atoms with Gasteiger partial charge in [0.2, 0.25) is 0 Å². The molecule has 78 valence electrons. The van der Waals surface area contributed by atoms with Crippen molar-refractivity contribution in [1.29, 1.82) is 0 Å². The molecule has 5 nitrogen and oxygen atoms in total. The highest BCUT2D eigenvalue weighted by Gasteiger charge is 2.10. The molecule has 0 saturated carbocycles. The fraction of sp³-hybridized carbons (Fsp3) is 0.571. The van der Waals surface area contributed by atoms with E-state index in [0.29, 0.717) is 5.69 Å². The number of carboxylic acid groups (broad SMARTS) is 1. The number of rotatable bonds is 5. The molecule has 1 heterocycles. The zero-order chi connectivity index (χ0) is 10.6. The summed E-state index contributed by atoms with van der Waals surface area (Å²) in [5, 5.41) is 15.3. The van der Waals surface area contributed by atoms with Crippen LogP contribution in [0, 0.1) is 0 Å². The Morgan fingerprint density at radius 1 is 1.64 bits per heavy atom. The van der Waals surface area contributed by atoms with Crippen molar-refractivity contribution in [1.82, 2.24) is 15.0 Å². The Morgan fingerprint density at radius 2 is 2.36 bits per heavy atom. The van der Waals surface area contributed by atoms with E-state index in [1.165, 1.54) is 6.20 Å². The third kappa shape index (κ3) is 3.08. The van der Waals surface area contributed by atoms with E-state index in [1.54, 1.807) is 0 Å². The van der Waals surface area contributed by atoms with E-state index in [0.717, 1.165) is 4.68 Å². The number of carboxylic acids is 1. The van der Waals surface area contributed by atoms with E-state index >= 15 is 0 Å². The summed E-state index contributed by atoms with van der Waals surface area (Å²) in [5.41, 5.74) is 0.410. The Hall–Kier alpha value is -1.53. The van der Waals surface area contributed by atoms with E-state index in [-0.39, 0.29) is 12.8 Å². The smallest absolute Gasteiger partial charge is 0.303 e. The van der Waals surface area contributed by atoms with Gasteiger partial charge in [-0.3, -0.25) is 4.79 Å². The number of alkyl halides is 2. The first kappa shape index (κ1) is 10.6. The highest BCUT2D eigenvalue weighted by molar-refractivity contribution is 5.66. The van der Waals surface area contributed by atoms with E-state index in [1.807, 2.05) is 0 Å². The Morgan fingerprint density at radius 3 is 2.93 bits per heavy atom. The van der Waals surface area contributed by atoms with Gasteiger partial charge in [0.25, 0.3) is 6.43 Å². The first-order chi connectivity index (χ1) is 6.59. The van der Waals surface area contributed by atoms with Gasteiger partial charge in [-0.1, -0.05) is 5.21 Å². The van der Waals surface area contributed by atoms with Crippen LogP contribution in [0.5, 0.6) is 0 Å². The van der Waals surface area contributed by atoms with Gasteiger partial charge in [0.15, 0.2) is 0 Å². The van der Waals surface area contributed by atoms with Gasteiger partial charge in [0, 0.05) is 6.42 Å². The molecule has 0 aromatic carbocycles. The summed E-state index contributed by atoms with van der Waals surface area (Å²) in [4.78, 5) is 10.2. The van der Waals surface area contributed by atoms with Gasteiger partial charge < -0.3 is 5.11 Å².